The van der Waals surface area contributed by atoms with E-state index < -0.39 is 41.6 Å². The van der Waals surface area contributed by atoms with Crippen molar-refractivity contribution in [3.63, 3.8) is 0 Å². The Hall–Kier alpha value is -2.11. The second kappa shape index (κ2) is 14.9. The van der Waals surface area contributed by atoms with Crippen molar-refractivity contribution in [2.75, 3.05) is 24.4 Å². The molecule has 0 radical (unpaired) electrons. The Morgan fingerprint density at radius 2 is 1.76 bits per heavy atom. The molecular weight excluding hydrogens is 538 g/mol. The summed E-state index contributed by atoms with van der Waals surface area (Å²) in [5.41, 5.74) is 0.150. The predicted octanol–water partition coefficient (Wildman–Crippen LogP) is 2.56. The van der Waals surface area contributed by atoms with E-state index in [9.17, 15) is 24.0 Å². The highest BCUT2D eigenvalue weighted by atomic mass is 79.9. The van der Waals surface area contributed by atoms with Crippen molar-refractivity contribution in [1.82, 2.24) is 10.6 Å². The third-order valence-electron chi connectivity index (χ3n) is 4.39. The summed E-state index contributed by atoms with van der Waals surface area (Å²) in [5.74, 6) is -3.28. The number of ketones is 1. The normalized spacial score (nSPS) is 12.1. The van der Waals surface area contributed by atoms with Crippen molar-refractivity contribution in [3.05, 3.63) is 28.2 Å². The van der Waals surface area contributed by atoms with Crippen LogP contribution in [0.15, 0.2) is 22.7 Å². The van der Waals surface area contributed by atoms with E-state index >= 15 is 0 Å². The van der Waals surface area contributed by atoms with E-state index in [1.807, 2.05) is 6.26 Å². The number of anilines is 1. The molecule has 0 saturated heterocycles. The molecule has 1 aromatic rings. The number of nitrogens with one attached hydrogen (secondary N) is 3. The minimum Gasteiger partial charge on any atom is -0.467 e. The number of amides is 3. The number of carbonyl (C=O) groups excluding carboxylic acids is 5. The van der Waals surface area contributed by atoms with E-state index in [2.05, 4.69) is 31.9 Å². The fraction of sp³-hybridized carbons (Fsp3) is 0.476. The SMILES string of the molecule is COC(=O)[C@H](CCSC)NC(=O)[C@@H](NC(=O)C(=O)c1cc(Br)ccc1NC(C)=O)C(C)C.Cl. The first kappa shape index (κ1) is 30.9. The molecule has 0 bridgehead atoms. The topological polar surface area (TPSA) is 131 Å². The monoisotopic (exact) mass is 565 g/mol. The van der Waals surface area contributed by atoms with Crippen LogP contribution in [0.5, 0.6) is 0 Å². The van der Waals surface area contributed by atoms with Gasteiger partial charge in [-0.05, 0) is 42.5 Å². The van der Waals surface area contributed by atoms with Crippen LogP contribution in [0.1, 0.15) is 37.6 Å². The smallest absolute Gasteiger partial charge is 0.328 e. The first-order valence-electron chi connectivity index (χ1n) is 9.81. The van der Waals surface area contributed by atoms with Gasteiger partial charge in [0, 0.05) is 11.4 Å². The van der Waals surface area contributed by atoms with E-state index in [4.69, 9.17) is 4.74 Å². The highest BCUT2D eigenvalue weighted by Gasteiger charge is 2.31. The minimum atomic E-state index is -1.07. The van der Waals surface area contributed by atoms with E-state index in [1.165, 1.54) is 37.9 Å². The Morgan fingerprint density at radius 3 is 2.27 bits per heavy atom. The molecule has 9 nitrogen and oxygen atoms in total. The van der Waals surface area contributed by atoms with Crippen LogP contribution in [0.2, 0.25) is 0 Å². The van der Waals surface area contributed by atoms with Gasteiger partial charge in [-0.15, -0.1) is 12.4 Å². The standard InChI is InChI=1S/C21H28BrN3O6S.ClH/c1-11(2)17(19(28)24-16(8-9-32-5)21(30)31-4)25-20(29)18(27)14-10-13(22)6-7-15(14)23-12(3)26;/h6-7,10-11,16-17H,8-9H2,1-5H3,(H,23,26)(H,24,28)(H,25,29);1H/t16-,17-;/m0./s1. The van der Waals surface area contributed by atoms with Crippen LogP contribution in [-0.2, 0) is 23.9 Å². The molecule has 0 saturated carbocycles. The summed E-state index contributed by atoms with van der Waals surface area (Å²) in [6, 6.07) is 2.58. The summed E-state index contributed by atoms with van der Waals surface area (Å²) in [6.45, 7) is 4.68. The van der Waals surface area contributed by atoms with Gasteiger partial charge in [-0.3, -0.25) is 19.2 Å². The molecule has 0 aromatic heterocycles. The predicted molar refractivity (Wildman–Crippen MR) is 134 cm³/mol. The van der Waals surface area contributed by atoms with Crippen molar-refractivity contribution < 1.29 is 28.7 Å². The maximum absolute atomic E-state index is 12.8. The van der Waals surface area contributed by atoms with Gasteiger partial charge in [-0.2, -0.15) is 11.8 Å². The summed E-state index contributed by atoms with van der Waals surface area (Å²) in [6.07, 6.45) is 2.23. The van der Waals surface area contributed by atoms with Crippen LogP contribution < -0.4 is 16.0 Å². The lowest BCUT2D eigenvalue weighted by atomic mass is 10.0. The summed E-state index contributed by atoms with van der Waals surface area (Å²) in [4.78, 5) is 61.7. The highest BCUT2D eigenvalue weighted by molar-refractivity contribution is 9.10. The number of ether oxygens (including phenoxy) is 1. The lowest BCUT2D eigenvalue weighted by Crippen LogP contribution is -2.55. The van der Waals surface area contributed by atoms with Gasteiger partial charge in [0.2, 0.25) is 11.8 Å². The molecule has 3 amide bonds. The molecule has 3 N–H and O–H groups in total. The van der Waals surface area contributed by atoms with Crippen molar-refractivity contribution >= 4 is 75.3 Å². The number of carbonyl (C=O) groups is 5. The average Bonchev–Trinajstić information content (AvgIpc) is 2.74. The van der Waals surface area contributed by atoms with Gasteiger partial charge in [-0.1, -0.05) is 29.8 Å². The lowest BCUT2D eigenvalue weighted by molar-refractivity contribution is -0.145. The Kier molecular flexibility index (Phi) is 14.0. The van der Waals surface area contributed by atoms with Crippen molar-refractivity contribution in [1.29, 1.82) is 0 Å². The van der Waals surface area contributed by atoms with Crippen molar-refractivity contribution in [2.45, 2.75) is 39.3 Å². The van der Waals surface area contributed by atoms with Gasteiger partial charge in [0.25, 0.3) is 11.7 Å². The number of thioether (sulfide) groups is 1. The number of esters is 1. The molecule has 184 valence electrons. The first-order chi connectivity index (χ1) is 15.0. The fourth-order valence-corrected chi connectivity index (χ4v) is 3.59. The van der Waals surface area contributed by atoms with Gasteiger partial charge < -0.3 is 20.7 Å². The largest absolute Gasteiger partial charge is 0.467 e. The number of Topliss-reactive ketones (excluding diaryl/α,β-unsaturated/α-hetero) is 1. The third-order valence-corrected chi connectivity index (χ3v) is 5.53. The van der Waals surface area contributed by atoms with E-state index in [1.54, 1.807) is 19.9 Å². The van der Waals surface area contributed by atoms with E-state index in [0.717, 1.165) is 0 Å². The van der Waals surface area contributed by atoms with Crippen LogP contribution in [-0.4, -0.2) is 60.7 Å². The third kappa shape index (κ3) is 9.73. The highest BCUT2D eigenvalue weighted by Crippen LogP contribution is 2.22. The number of hydrogen-bond donors (Lipinski definition) is 3. The molecule has 12 heteroatoms. The molecule has 0 fully saturated rings. The molecule has 0 unspecified atom stereocenters. The minimum absolute atomic E-state index is 0. The van der Waals surface area contributed by atoms with Gasteiger partial charge >= 0.3 is 5.97 Å². The Labute approximate surface area is 212 Å². The second-order valence-corrected chi connectivity index (χ2v) is 9.16. The van der Waals surface area contributed by atoms with Gasteiger partial charge in [0.1, 0.15) is 12.1 Å². The Bertz CT molecular complexity index is 884. The lowest BCUT2D eigenvalue weighted by Gasteiger charge is -2.24. The summed E-state index contributed by atoms with van der Waals surface area (Å²) in [5, 5.41) is 7.55. The number of halogens is 2. The van der Waals surface area contributed by atoms with Crippen molar-refractivity contribution in [2.24, 2.45) is 5.92 Å². The van der Waals surface area contributed by atoms with Crippen LogP contribution in [0, 0.1) is 5.92 Å². The quantitative estimate of drug-likeness (QED) is 0.213. The molecule has 0 aliphatic carbocycles. The van der Waals surface area contributed by atoms with E-state index in [-0.39, 0.29) is 29.6 Å². The maximum Gasteiger partial charge on any atom is 0.328 e. The van der Waals surface area contributed by atoms with Crippen LogP contribution in [0.4, 0.5) is 5.69 Å². The Morgan fingerprint density at radius 1 is 1.12 bits per heavy atom. The van der Waals surface area contributed by atoms with Gasteiger partial charge in [0.05, 0.1) is 18.4 Å². The molecule has 1 aromatic carbocycles. The van der Waals surface area contributed by atoms with Gasteiger partial charge in [-0.25, -0.2) is 4.79 Å². The average molecular weight is 567 g/mol. The molecule has 0 aliphatic rings. The first-order valence-corrected chi connectivity index (χ1v) is 12.0. The molecular formula is C21H29BrClN3O6S. The summed E-state index contributed by atoms with van der Waals surface area (Å²) < 4.78 is 5.28. The maximum atomic E-state index is 12.8. The Balaban J connectivity index is 0.0000102. The van der Waals surface area contributed by atoms with Crippen LogP contribution in [0.3, 0.4) is 0 Å². The molecule has 0 aliphatic heterocycles. The van der Waals surface area contributed by atoms with Crippen LogP contribution >= 0.6 is 40.1 Å². The molecule has 0 heterocycles. The zero-order valence-electron chi connectivity index (χ0n) is 19.0. The summed E-state index contributed by atoms with van der Waals surface area (Å²) in [7, 11) is 1.23. The number of benzene rings is 1. The van der Waals surface area contributed by atoms with Crippen LogP contribution in [0.25, 0.3) is 0 Å². The molecule has 0 spiro atoms. The second-order valence-electron chi connectivity index (χ2n) is 7.26. The van der Waals surface area contributed by atoms with Crippen molar-refractivity contribution in [3.8, 4) is 0 Å². The zero-order chi connectivity index (χ0) is 24.4. The number of rotatable bonds is 11. The van der Waals surface area contributed by atoms with E-state index in [0.29, 0.717) is 16.6 Å². The summed E-state index contributed by atoms with van der Waals surface area (Å²) >= 11 is 4.75. The molecule has 33 heavy (non-hydrogen) atoms. The fourth-order valence-electron chi connectivity index (χ4n) is 2.76. The number of methoxy groups -OCH3 is 1. The number of hydrogen-bond acceptors (Lipinski definition) is 7. The molecule has 2 atom stereocenters. The zero-order valence-corrected chi connectivity index (χ0v) is 22.2. The molecule has 1 rings (SSSR count). The van der Waals surface area contributed by atoms with Gasteiger partial charge in [0.15, 0.2) is 0 Å².